The number of carbonyl (C=O) groups is 3. The molecular formula is C73H122O6. The van der Waals surface area contributed by atoms with Crippen molar-refractivity contribution in [3.8, 4) is 0 Å². The minimum absolute atomic E-state index is 0.0863. The van der Waals surface area contributed by atoms with E-state index in [-0.39, 0.29) is 31.1 Å². The summed E-state index contributed by atoms with van der Waals surface area (Å²) in [6.07, 6.45) is 92.2. The van der Waals surface area contributed by atoms with Gasteiger partial charge in [0.15, 0.2) is 6.10 Å². The van der Waals surface area contributed by atoms with E-state index in [2.05, 4.69) is 142 Å². The highest BCUT2D eigenvalue weighted by Gasteiger charge is 2.19. The average molecular weight is 1100 g/mol. The topological polar surface area (TPSA) is 78.9 Å². The predicted molar refractivity (Wildman–Crippen MR) is 343 cm³/mol. The van der Waals surface area contributed by atoms with E-state index in [4.69, 9.17) is 14.2 Å². The van der Waals surface area contributed by atoms with Crippen molar-refractivity contribution < 1.29 is 28.6 Å². The van der Waals surface area contributed by atoms with Crippen LogP contribution in [0.15, 0.2) is 122 Å². The minimum Gasteiger partial charge on any atom is -0.462 e. The summed E-state index contributed by atoms with van der Waals surface area (Å²) < 4.78 is 16.9. The molecule has 0 heterocycles. The third kappa shape index (κ3) is 64.5. The fourth-order valence-electron chi connectivity index (χ4n) is 8.99. The van der Waals surface area contributed by atoms with E-state index in [0.717, 1.165) is 135 Å². The zero-order chi connectivity index (χ0) is 57.1. The lowest BCUT2D eigenvalue weighted by Gasteiger charge is -2.18. The number of carbonyl (C=O) groups excluding carboxylic acids is 3. The van der Waals surface area contributed by atoms with E-state index in [1.54, 1.807) is 0 Å². The third-order valence-electron chi connectivity index (χ3n) is 13.9. The number of esters is 3. The standard InChI is InChI=1S/C73H122O6/c1-4-7-10-13-16-19-22-24-26-28-29-30-31-32-33-34-35-36-37-38-39-40-41-42-43-44-45-46-48-49-51-54-57-60-63-66-72(75)78-69-70(68-77-71(74)65-62-59-56-53-21-18-15-12-9-6-3)79-73(76)67-64-61-58-55-52-50-47-27-25-23-20-17-14-11-8-5-2/h7,10,12,15-16,19,24,26-27,29-30,32-33,35-36,38-39,41-42,47,70H,4-6,8-9,11,13-14,17-18,20-23,25,28,31,34,37,40,43-46,48-69H2,1-3H3/b10-7-,15-12-,19-16-,26-24-,30-29-,33-32-,36-35-,39-38-,42-41-,47-27-. The highest BCUT2D eigenvalue weighted by atomic mass is 16.6. The first-order chi connectivity index (χ1) is 39.0. The summed E-state index contributed by atoms with van der Waals surface area (Å²) in [5, 5.41) is 0. The highest BCUT2D eigenvalue weighted by Crippen LogP contribution is 2.15. The van der Waals surface area contributed by atoms with Gasteiger partial charge >= 0.3 is 17.9 Å². The van der Waals surface area contributed by atoms with Gasteiger partial charge in [-0.25, -0.2) is 0 Å². The first-order valence-corrected chi connectivity index (χ1v) is 33.0. The van der Waals surface area contributed by atoms with Crippen LogP contribution in [0.5, 0.6) is 0 Å². The van der Waals surface area contributed by atoms with Crippen molar-refractivity contribution in [1.82, 2.24) is 0 Å². The van der Waals surface area contributed by atoms with Crippen LogP contribution in [-0.4, -0.2) is 37.2 Å². The van der Waals surface area contributed by atoms with Crippen molar-refractivity contribution in [3.05, 3.63) is 122 Å². The van der Waals surface area contributed by atoms with Crippen molar-refractivity contribution in [1.29, 1.82) is 0 Å². The number of allylic oxidation sites excluding steroid dienone is 20. The maximum Gasteiger partial charge on any atom is 0.306 e. The molecule has 0 rings (SSSR count). The van der Waals surface area contributed by atoms with Crippen LogP contribution in [0.25, 0.3) is 0 Å². The summed E-state index contributed by atoms with van der Waals surface area (Å²) in [5.74, 6) is -0.905. The molecule has 0 radical (unpaired) electrons. The van der Waals surface area contributed by atoms with Crippen LogP contribution in [0, 0.1) is 0 Å². The van der Waals surface area contributed by atoms with Crippen LogP contribution in [0.4, 0.5) is 0 Å². The van der Waals surface area contributed by atoms with Gasteiger partial charge in [-0.05, 0) is 128 Å². The Morgan fingerprint density at radius 1 is 0.266 bits per heavy atom. The van der Waals surface area contributed by atoms with Gasteiger partial charge in [-0.1, -0.05) is 277 Å². The van der Waals surface area contributed by atoms with Crippen LogP contribution in [-0.2, 0) is 28.6 Å². The van der Waals surface area contributed by atoms with E-state index >= 15 is 0 Å². The Labute approximate surface area is 488 Å². The molecule has 1 unspecified atom stereocenters. The Morgan fingerprint density at radius 2 is 0.519 bits per heavy atom. The van der Waals surface area contributed by atoms with Gasteiger partial charge in [0, 0.05) is 19.3 Å². The first-order valence-electron chi connectivity index (χ1n) is 33.0. The Bertz CT molecular complexity index is 1640. The molecule has 0 saturated heterocycles. The van der Waals surface area contributed by atoms with E-state index in [0.29, 0.717) is 19.3 Å². The maximum absolute atomic E-state index is 12.9. The molecule has 0 bridgehead atoms. The summed E-state index contributed by atoms with van der Waals surface area (Å²) in [4.78, 5) is 38.2. The molecule has 0 aromatic rings. The second kappa shape index (κ2) is 66.3. The van der Waals surface area contributed by atoms with Gasteiger partial charge in [-0.3, -0.25) is 14.4 Å². The first kappa shape index (κ1) is 74.8. The van der Waals surface area contributed by atoms with Gasteiger partial charge in [0.05, 0.1) is 0 Å². The lowest BCUT2D eigenvalue weighted by Crippen LogP contribution is -2.30. The largest absolute Gasteiger partial charge is 0.462 e. The molecule has 0 fully saturated rings. The SMILES string of the molecule is CC/C=C\C/C=C\C/C=C\C/C=C\C/C=C\C/C=C\C/C=C\C/C=C\CCCCCCCCCCCCC(=O)OCC(COC(=O)CCCCCCC/C=C\CCC)OC(=O)CCCCCCC/C=C\CCCCCCCCC. The molecule has 0 aliphatic carbocycles. The third-order valence-corrected chi connectivity index (χ3v) is 13.9. The molecule has 0 aromatic carbocycles. The van der Waals surface area contributed by atoms with Crippen molar-refractivity contribution in [2.75, 3.05) is 13.2 Å². The summed E-state index contributed by atoms with van der Waals surface area (Å²) >= 11 is 0. The predicted octanol–water partition coefficient (Wildman–Crippen LogP) is 22.8. The van der Waals surface area contributed by atoms with Gasteiger partial charge in [-0.15, -0.1) is 0 Å². The summed E-state index contributed by atoms with van der Waals surface area (Å²) in [7, 11) is 0. The smallest absolute Gasteiger partial charge is 0.306 e. The molecule has 0 saturated carbocycles. The lowest BCUT2D eigenvalue weighted by atomic mass is 10.1. The number of hydrogen-bond donors (Lipinski definition) is 0. The fraction of sp³-hybridized carbons (Fsp3) is 0.685. The number of hydrogen-bond acceptors (Lipinski definition) is 6. The summed E-state index contributed by atoms with van der Waals surface area (Å²) in [5.41, 5.74) is 0. The average Bonchev–Trinajstić information content (AvgIpc) is 3.45. The van der Waals surface area contributed by atoms with E-state index < -0.39 is 6.10 Å². The molecule has 0 aliphatic heterocycles. The molecule has 6 nitrogen and oxygen atoms in total. The van der Waals surface area contributed by atoms with Crippen LogP contribution >= 0.6 is 0 Å². The lowest BCUT2D eigenvalue weighted by molar-refractivity contribution is -0.167. The van der Waals surface area contributed by atoms with Crippen LogP contribution < -0.4 is 0 Å². The van der Waals surface area contributed by atoms with Crippen LogP contribution in [0.3, 0.4) is 0 Å². The van der Waals surface area contributed by atoms with Crippen molar-refractivity contribution in [2.45, 2.75) is 309 Å². The Kier molecular flexibility index (Phi) is 62.8. The molecule has 79 heavy (non-hydrogen) atoms. The zero-order valence-electron chi connectivity index (χ0n) is 51.6. The van der Waals surface area contributed by atoms with E-state index in [9.17, 15) is 14.4 Å². The Morgan fingerprint density at radius 3 is 0.835 bits per heavy atom. The quantitative estimate of drug-likeness (QED) is 0.0261. The molecular weight excluding hydrogens is 973 g/mol. The molecule has 0 aromatic heterocycles. The van der Waals surface area contributed by atoms with Crippen molar-refractivity contribution in [3.63, 3.8) is 0 Å². The zero-order valence-corrected chi connectivity index (χ0v) is 51.6. The van der Waals surface area contributed by atoms with Gasteiger partial charge in [0.2, 0.25) is 0 Å². The van der Waals surface area contributed by atoms with Crippen molar-refractivity contribution >= 4 is 17.9 Å². The minimum atomic E-state index is -0.788. The highest BCUT2D eigenvalue weighted by molar-refractivity contribution is 5.71. The van der Waals surface area contributed by atoms with Crippen LogP contribution in [0.1, 0.15) is 303 Å². The monoisotopic (exact) mass is 1090 g/mol. The van der Waals surface area contributed by atoms with Gasteiger partial charge in [0.25, 0.3) is 0 Å². The Hall–Kier alpha value is -4.19. The summed E-state index contributed by atoms with van der Waals surface area (Å²) in [6.45, 7) is 6.46. The summed E-state index contributed by atoms with van der Waals surface area (Å²) in [6, 6.07) is 0. The van der Waals surface area contributed by atoms with Gasteiger partial charge in [0.1, 0.15) is 13.2 Å². The second-order valence-corrected chi connectivity index (χ2v) is 21.6. The number of ether oxygens (including phenoxy) is 3. The van der Waals surface area contributed by atoms with Gasteiger partial charge < -0.3 is 14.2 Å². The molecule has 0 N–H and O–H groups in total. The fourth-order valence-corrected chi connectivity index (χ4v) is 8.99. The molecule has 1 atom stereocenters. The molecule has 0 aliphatic rings. The van der Waals surface area contributed by atoms with Gasteiger partial charge in [-0.2, -0.15) is 0 Å². The number of unbranched alkanes of at least 4 members (excludes halogenated alkanes) is 28. The molecule has 450 valence electrons. The molecule has 0 spiro atoms. The maximum atomic E-state index is 12.9. The van der Waals surface area contributed by atoms with E-state index in [1.807, 2.05) is 0 Å². The molecule has 0 amide bonds. The van der Waals surface area contributed by atoms with Crippen molar-refractivity contribution in [2.24, 2.45) is 0 Å². The number of rotatable bonds is 59. The van der Waals surface area contributed by atoms with Crippen LogP contribution in [0.2, 0.25) is 0 Å². The van der Waals surface area contributed by atoms with E-state index in [1.165, 1.54) is 128 Å². The molecule has 6 heteroatoms. The normalized spacial score (nSPS) is 12.9. The second-order valence-electron chi connectivity index (χ2n) is 21.6. The Balaban J connectivity index is 4.18.